The van der Waals surface area contributed by atoms with E-state index in [1.807, 2.05) is 0 Å². The predicted molar refractivity (Wildman–Crippen MR) is 60.7 cm³/mol. The fourth-order valence-electron chi connectivity index (χ4n) is 1.93. The summed E-state index contributed by atoms with van der Waals surface area (Å²) in [6.45, 7) is 2.14. The van der Waals surface area contributed by atoms with Crippen molar-refractivity contribution in [2.45, 2.75) is 13.0 Å². The molecular weight excluding hydrogens is 228 g/mol. The van der Waals surface area contributed by atoms with Crippen LogP contribution in [0.3, 0.4) is 0 Å². The van der Waals surface area contributed by atoms with Crippen LogP contribution in [0.15, 0.2) is 0 Å². The molecule has 2 heterocycles. The standard InChI is InChI=1S/C9H12N4O2S/c1-4-13-7(14)5-6(12(3)9(13)15)10-8(16)11(5)2/h5H,4H2,1-3H3/p+1. The van der Waals surface area contributed by atoms with Gasteiger partial charge in [0.1, 0.15) is 0 Å². The van der Waals surface area contributed by atoms with E-state index in [9.17, 15) is 9.59 Å². The molecule has 0 radical (unpaired) electrons. The first-order chi connectivity index (χ1) is 7.49. The van der Waals surface area contributed by atoms with E-state index in [0.29, 0.717) is 17.5 Å². The number of nitrogens with one attached hydrogen (secondary N) is 1. The Hall–Kier alpha value is -1.50. The first-order valence-corrected chi connectivity index (χ1v) is 5.39. The van der Waals surface area contributed by atoms with Gasteiger partial charge >= 0.3 is 6.03 Å². The normalized spacial score (nSPS) is 25.2. The lowest BCUT2D eigenvalue weighted by Crippen LogP contribution is -2.79. The van der Waals surface area contributed by atoms with Gasteiger partial charge in [0.15, 0.2) is 0 Å². The number of hydrogen-bond acceptors (Lipinski definition) is 3. The van der Waals surface area contributed by atoms with Crippen LogP contribution in [-0.4, -0.2) is 64.3 Å². The molecular formula is C9H13N4O2S+. The van der Waals surface area contributed by atoms with Gasteiger partial charge in [-0.3, -0.25) is 9.69 Å². The van der Waals surface area contributed by atoms with Crippen molar-refractivity contribution in [3.63, 3.8) is 0 Å². The average molecular weight is 241 g/mol. The molecule has 0 bridgehead atoms. The largest absolute Gasteiger partial charge is 0.388 e. The van der Waals surface area contributed by atoms with Crippen LogP contribution in [0.1, 0.15) is 6.92 Å². The molecule has 6 nitrogen and oxygen atoms in total. The van der Waals surface area contributed by atoms with Crippen molar-refractivity contribution in [1.82, 2.24) is 14.7 Å². The Balaban J connectivity index is 2.44. The highest BCUT2D eigenvalue weighted by Crippen LogP contribution is 2.15. The minimum atomic E-state index is -0.491. The molecule has 0 spiro atoms. The Bertz CT molecular complexity index is 420. The molecule has 3 amide bonds. The van der Waals surface area contributed by atoms with Gasteiger partial charge in [0.25, 0.3) is 16.9 Å². The maximum absolute atomic E-state index is 12.1. The van der Waals surface area contributed by atoms with Crippen molar-refractivity contribution < 1.29 is 14.6 Å². The number of rotatable bonds is 1. The van der Waals surface area contributed by atoms with Gasteiger partial charge in [0.05, 0.1) is 14.1 Å². The molecule has 0 saturated carbocycles. The van der Waals surface area contributed by atoms with Gasteiger partial charge in [0, 0.05) is 6.54 Å². The maximum Gasteiger partial charge on any atom is 0.388 e. The summed E-state index contributed by atoms with van der Waals surface area (Å²) in [5.74, 6) is 0.322. The van der Waals surface area contributed by atoms with Crippen LogP contribution in [0.2, 0.25) is 0 Å². The van der Waals surface area contributed by atoms with E-state index in [2.05, 4.69) is 4.99 Å². The summed E-state index contributed by atoms with van der Waals surface area (Å²) in [5.41, 5.74) is 0. The Morgan fingerprint density at radius 2 is 2.00 bits per heavy atom. The molecule has 7 heteroatoms. The lowest BCUT2D eigenvalue weighted by Gasteiger charge is -2.31. The molecule has 1 N–H and O–H groups in total. The lowest BCUT2D eigenvalue weighted by atomic mass is 10.1. The lowest BCUT2D eigenvalue weighted by molar-refractivity contribution is -0.319. The zero-order valence-corrected chi connectivity index (χ0v) is 10.2. The molecule has 16 heavy (non-hydrogen) atoms. The molecule has 0 aromatic rings. The number of amides is 3. The van der Waals surface area contributed by atoms with Crippen molar-refractivity contribution in [3.05, 3.63) is 0 Å². The SMILES string of the molecule is CCN1C(=O)C2C(=[NH+]C(=S)N2C)N(C)C1=O. The van der Waals surface area contributed by atoms with Crippen molar-refractivity contribution in [1.29, 1.82) is 0 Å². The third kappa shape index (κ3) is 1.24. The van der Waals surface area contributed by atoms with Crippen LogP contribution in [0.5, 0.6) is 0 Å². The maximum atomic E-state index is 12.1. The Kier molecular flexibility index (Phi) is 2.42. The van der Waals surface area contributed by atoms with Gasteiger partial charge in [-0.1, -0.05) is 0 Å². The number of urea groups is 1. The van der Waals surface area contributed by atoms with Crippen LogP contribution >= 0.6 is 12.2 Å². The molecule has 2 rings (SSSR count). The van der Waals surface area contributed by atoms with Crippen LogP contribution in [-0.2, 0) is 4.79 Å². The molecule has 2 aliphatic rings. The third-order valence-corrected chi connectivity index (χ3v) is 3.29. The van der Waals surface area contributed by atoms with Gasteiger partial charge in [-0.15, -0.1) is 0 Å². The monoisotopic (exact) mass is 241 g/mol. The van der Waals surface area contributed by atoms with Crippen LogP contribution in [0.4, 0.5) is 4.79 Å². The molecule has 86 valence electrons. The number of amidine groups is 1. The molecule has 1 atom stereocenters. The first kappa shape index (κ1) is 11.0. The summed E-state index contributed by atoms with van der Waals surface area (Å²) >= 11 is 5.06. The van der Waals surface area contributed by atoms with Gasteiger partial charge in [-0.25, -0.2) is 19.6 Å². The second-order valence-electron chi connectivity index (χ2n) is 3.75. The van der Waals surface area contributed by atoms with Gasteiger partial charge in [0.2, 0.25) is 6.04 Å². The molecule has 2 aliphatic heterocycles. The van der Waals surface area contributed by atoms with E-state index in [0.717, 1.165) is 0 Å². The fraction of sp³-hybridized carbons (Fsp3) is 0.556. The molecule has 1 unspecified atom stereocenters. The number of carbonyl (C=O) groups excluding carboxylic acids is 2. The minimum absolute atomic E-state index is 0.226. The molecule has 1 fully saturated rings. The number of fused-ring (bicyclic) bond motifs is 1. The topological polar surface area (TPSA) is 57.8 Å². The van der Waals surface area contributed by atoms with Gasteiger partial charge < -0.3 is 0 Å². The summed E-state index contributed by atoms with van der Waals surface area (Å²) in [5, 5.41) is 0.464. The minimum Gasteiger partial charge on any atom is -0.270 e. The summed E-state index contributed by atoms with van der Waals surface area (Å²) in [6.07, 6.45) is 0. The quantitative estimate of drug-likeness (QED) is 0.538. The second kappa shape index (κ2) is 3.51. The fourth-order valence-corrected chi connectivity index (χ4v) is 2.14. The summed E-state index contributed by atoms with van der Waals surface area (Å²) < 4.78 is 0. The summed E-state index contributed by atoms with van der Waals surface area (Å²) in [6, 6.07) is -0.806. The molecule has 1 saturated heterocycles. The number of imide groups is 1. The number of thiocarbonyl (C=S) groups is 1. The van der Waals surface area contributed by atoms with Crippen LogP contribution in [0, 0.1) is 0 Å². The molecule has 0 aromatic carbocycles. The van der Waals surface area contributed by atoms with Gasteiger partial charge in [-0.05, 0) is 19.1 Å². The molecule has 0 aliphatic carbocycles. The number of nitrogens with zero attached hydrogens (tertiary/aromatic N) is 3. The highest BCUT2D eigenvalue weighted by molar-refractivity contribution is 7.79. The van der Waals surface area contributed by atoms with E-state index in [1.165, 1.54) is 9.80 Å². The highest BCUT2D eigenvalue weighted by Gasteiger charge is 2.53. The summed E-state index contributed by atoms with van der Waals surface area (Å²) in [7, 11) is 3.37. The average Bonchev–Trinajstić information content (AvgIpc) is 2.54. The van der Waals surface area contributed by atoms with Crippen molar-refractivity contribution in [2.24, 2.45) is 0 Å². The van der Waals surface area contributed by atoms with Gasteiger partial charge in [-0.2, -0.15) is 0 Å². The molecule has 0 aromatic heterocycles. The Morgan fingerprint density at radius 1 is 1.38 bits per heavy atom. The van der Waals surface area contributed by atoms with Crippen molar-refractivity contribution >= 4 is 35.1 Å². The highest BCUT2D eigenvalue weighted by atomic mass is 32.1. The van der Waals surface area contributed by atoms with E-state index < -0.39 is 6.04 Å². The third-order valence-electron chi connectivity index (χ3n) is 2.90. The predicted octanol–water partition coefficient (Wildman–Crippen LogP) is -2.02. The zero-order valence-electron chi connectivity index (χ0n) is 9.35. The van der Waals surface area contributed by atoms with Crippen LogP contribution < -0.4 is 4.99 Å². The van der Waals surface area contributed by atoms with E-state index in [4.69, 9.17) is 12.2 Å². The number of hydrogen-bond donors (Lipinski definition) is 1. The number of likely N-dealkylation sites (N-methyl/N-ethyl adjacent to an activating group) is 3. The summed E-state index contributed by atoms with van der Waals surface area (Å²) in [4.78, 5) is 31.1. The second-order valence-corrected chi connectivity index (χ2v) is 4.14. The number of carbonyl (C=O) groups is 2. The van der Waals surface area contributed by atoms with Crippen molar-refractivity contribution in [3.8, 4) is 0 Å². The van der Waals surface area contributed by atoms with E-state index >= 15 is 0 Å². The Labute approximate surface area is 98.5 Å². The van der Waals surface area contributed by atoms with Crippen LogP contribution in [0.25, 0.3) is 0 Å². The van der Waals surface area contributed by atoms with Crippen molar-refractivity contribution in [2.75, 3.05) is 20.6 Å². The first-order valence-electron chi connectivity index (χ1n) is 4.98. The smallest absolute Gasteiger partial charge is 0.270 e. The van der Waals surface area contributed by atoms with E-state index in [1.54, 1.807) is 25.9 Å². The van der Waals surface area contributed by atoms with E-state index in [-0.39, 0.29) is 11.9 Å². The zero-order chi connectivity index (χ0) is 12.0. The Morgan fingerprint density at radius 3 is 2.56 bits per heavy atom.